The summed E-state index contributed by atoms with van der Waals surface area (Å²) in [4.78, 5) is 13.7. The van der Waals surface area contributed by atoms with Gasteiger partial charge in [0.15, 0.2) is 11.0 Å². The first-order valence-electron chi connectivity index (χ1n) is 9.70. The molecule has 1 aliphatic heterocycles. The molecular weight excluding hydrogens is 438 g/mol. The van der Waals surface area contributed by atoms with Crippen molar-refractivity contribution in [2.75, 3.05) is 17.7 Å². The molecule has 1 amide bonds. The maximum atomic E-state index is 12.4. The standard InChI is InChI=1S/C20H21N5O2S3/c1-2-16-8-14(11-29-16)18-23-24-20(25(18)10-15-4-3-6-27-15)30-12-17(26)22-19-13(9-21)5-7-28-19/h5,7-8,11,15H,2-4,6,10,12H2,1H3,(H,22,26). The topological polar surface area (TPSA) is 92.8 Å². The number of amides is 1. The van der Waals surface area contributed by atoms with Crippen LogP contribution in [0.15, 0.2) is 28.0 Å². The van der Waals surface area contributed by atoms with Gasteiger partial charge in [-0.1, -0.05) is 18.7 Å². The number of aryl methyl sites for hydroxylation is 1. The summed E-state index contributed by atoms with van der Waals surface area (Å²) in [6.45, 7) is 3.60. The van der Waals surface area contributed by atoms with Gasteiger partial charge in [0.1, 0.15) is 11.1 Å². The molecule has 0 aliphatic carbocycles. The zero-order chi connectivity index (χ0) is 20.9. The summed E-state index contributed by atoms with van der Waals surface area (Å²) in [5, 5.41) is 25.9. The number of nitrogens with zero attached hydrogens (tertiary/aromatic N) is 4. The average molecular weight is 460 g/mol. The Labute approximate surface area is 187 Å². The molecule has 30 heavy (non-hydrogen) atoms. The molecule has 10 heteroatoms. The van der Waals surface area contributed by atoms with Gasteiger partial charge in [0.2, 0.25) is 5.91 Å². The molecule has 1 N–H and O–H groups in total. The summed E-state index contributed by atoms with van der Waals surface area (Å²) in [5.41, 5.74) is 1.53. The van der Waals surface area contributed by atoms with E-state index in [9.17, 15) is 4.79 Å². The monoisotopic (exact) mass is 459 g/mol. The minimum atomic E-state index is -0.170. The summed E-state index contributed by atoms with van der Waals surface area (Å²) in [6, 6.07) is 5.93. The number of rotatable bonds is 8. The highest BCUT2D eigenvalue weighted by Crippen LogP contribution is 2.30. The Morgan fingerprint density at radius 1 is 1.47 bits per heavy atom. The van der Waals surface area contributed by atoms with Gasteiger partial charge in [0, 0.05) is 22.4 Å². The smallest absolute Gasteiger partial charge is 0.235 e. The van der Waals surface area contributed by atoms with Crippen molar-refractivity contribution in [2.45, 2.75) is 44.0 Å². The van der Waals surface area contributed by atoms with Crippen LogP contribution in [0, 0.1) is 11.3 Å². The van der Waals surface area contributed by atoms with Gasteiger partial charge in [-0.05, 0) is 36.8 Å². The SMILES string of the molecule is CCc1cc(-c2nnc(SCC(=O)Nc3sccc3C#N)n2CC2CCCO2)cs1. The number of hydrogen-bond acceptors (Lipinski definition) is 8. The molecule has 3 aromatic heterocycles. The van der Waals surface area contributed by atoms with Crippen LogP contribution in [-0.4, -0.2) is 39.1 Å². The first kappa shape index (κ1) is 21.1. The number of nitrogens with one attached hydrogen (secondary N) is 1. The van der Waals surface area contributed by atoms with Crippen molar-refractivity contribution in [3.8, 4) is 17.5 Å². The molecule has 4 heterocycles. The zero-order valence-electron chi connectivity index (χ0n) is 16.5. The van der Waals surface area contributed by atoms with Gasteiger partial charge in [-0.2, -0.15) is 5.26 Å². The van der Waals surface area contributed by atoms with Crippen molar-refractivity contribution < 1.29 is 9.53 Å². The molecule has 7 nitrogen and oxygen atoms in total. The van der Waals surface area contributed by atoms with Crippen LogP contribution in [0.2, 0.25) is 0 Å². The maximum Gasteiger partial charge on any atom is 0.235 e. The van der Waals surface area contributed by atoms with Crippen LogP contribution in [0.3, 0.4) is 0 Å². The van der Waals surface area contributed by atoms with Crippen LogP contribution in [-0.2, 0) is 22.5 Å². The summed E-state index contributed by atoms with van der Waals surface area (Å²) in [6.07, 6.45) is 3.20. The van der Waals surface area contributed by atoms with E-state index < -0.39 is 0 Å². The van der Waals surface area contributed by atoms with Crippen LogP contribution in [0.1, 0.15) is 30.2 Å². The highest BCUT2D eigenvalue weighted by molar-refractivity contribution is 7.99. The molecule has 3 aromatic rings. The van der Waals surface area contributed by atoms with E-state index in [1.165, 1.54) is 28.0 Å². The highest BCUT2D eigenvalue weighted by atomic mass is 32.2. The Morgan fingerprint density at radius 2 is 2.37 bits per heavy atom. The van der Waals surface area contributed by atoms with Crippen molar-refractivity contribution >= 4 is 45.3 Å². The third kappa shape index (κ3) is 4.75. The molecule has 0 aromatic carbocycles. The van der Waals surface area contributed by atoms with Crippen LogP contribution in [0.5, 0.6) is 0 Å². The van der Waals surface area contributed by atoms with E-state index in [4.69, 9.17) is 10.00 Å². The lowest BCUT2D eigenvalue weighted by atomic mass is 10.2. The summed E-state index contributed by atoms with van der Waals surface area (Å²) in [7, 11) is 0. The van der Waals surface area contributed by atoms with E-state index in [0.717, 1.165) is 37.3 Å². The second-order valence-electron chi connectivity index (χ2n) is 6.82. The van der Waals surface area contributed by atoms with E-state index in [-0.39, 0.29) is 17.8 Å². The van der Waals surface area contributed by atoms with Crippen LogP contribution < -0.4 is 5.32 Å². The van der Waals surface area contributed by atoms with Crippen LogP contribution in [0.25, 0.3) is 11.4 Å². The molecule has 1 saturated heterocycles. The number of hydrogen-bond donors (Lipinski definition) is 1. The van der Waals surface area contributed by atoms with E-state index in [2.05, 4.69) is 44.5 Å². The lowest BCUT2D eigenvalue weighted by Crippen LogP contribution is -2.18. The van der Waals surface area contributed by atoms with Gasteiger partial charge < -0.3 is 10.1 Å². The lowest BCUT2D eigenvalue weighted by Gasteiger charge is -2.14. The fourth-order valence-electron chi connectivity index (χ4n) is 3.24. The van der Waals surface area contributed by atoms with Gasteiger partial charge >= 0.3 is 0 Å². The number of carbonyl (C=O) groups is 1. The molecule has 1 unspecified atom stereocenters. The van der Waals surface area contributed by atoms with Crippen molar-refractivity contribution in [1.82, 2.24) is 14.8 Å². The van der Waals surface area contributed by atoms with Crippen LogP contribution >= 0.6 is 34.4 Å². The molecule has 0 bridgehead atoms. The quantitative estimate of drug-likeness (QED) is 0.502. The Kier molecular flexibility index (Phi) is 6.84. The minimum Gasteiger partial charge on any atom is -0.376 e. The van der Waals surface area contributed by atoms with Crippen molar-refractivity contribution in [3.63, 3.8) is 0 Å². The second-order valence-corrected chi connectivity index (χ2v) is 9.67. The van der Waals surface area contributed by atoms with E-state index in [1.807, 2.05) is 0 Å². The normalized spacial score (nSPS) is 15.9. The number of carbonyl (C=O) groups excluding carboxylic acids is 1. The largest absolute Gasteiger partial charge is 0.376 e. The number of anilines is 1. The zero-order valence-corrected chi connectivity index (χ0v) is 18.9. The van der Waals surface area contributed by atoms with Crippen molar-refractivity contribution in [3.05, 3.63) is 33.3 Å². The molecule has 0 radical (unpaired) electrons. The third-order valence-electron chi connectivity index (χ3n) is 4.76. The predicted octanol–water partition coefficient (Wildman–Crippen LogP) is 4.41. The minimum absolute atomic E-state index is 0.140. The number of ether oxygens (including phenoxy) is 1. The van der Waals surface area contributed by atoms with Gasteiger partial charge in [-0.25, -0.2) is 0 Å². The number of nitriles is 1. The Morgan fingerprint density at radius 3 is 3.10 bits per heavy atom. The maximum absolute atomic E-state index is 12.4. The number of thioether (sulfide) groups is 1. The van der Waals surface area contributed by atoms with Gasteiger partial charge in [-0.15, -0.1) is 32.9 Å². The molecule has 1 aliphatic rings. The fraction of sp³-hybridized carbons (Fsp3) is 0.400. The van der Waals surface area contributed by atoms with E-state index in [0.29, 0.717) is 22.3 Å². The van der Waals surface area contributed by atoms with E-state index in [1.54, 1.807) is 22.8 Å². The van der Waals surface area contributed by atoms with Gasteiger partial charge in [-0.3, -0.25) is 9.36 Å². The summed E-state index contributed by atoms with van der Waals surface area (Å²) in [5.74, 6) is 0.835. The average Bonchev–Trinajstić information content (AvgIpc) is 3.54. The van der Waals surface area contributed by atoms with Crippen molar-refractivity contribution in [2.24, 2.45) is 0 Å². The van der Waals surface area contributed by atoms with Crippen molar-refractivity contribution in [1.29, 1.82) is 5.26 Å². The second kappa shape index (κ2) is 9.75. The first-order valence-corrected chi connectivity index (χ1v) is 12.4. The molecule has 0 spiro atoms. The molecule has 4 rings (SSSR count). The number of aromatic nitrogens is 3. The molecule has 1 atom stereocenters. The highest BCUT2D eigenvalue weighted by Gasteiger charge is 2.23. The molecule has 0 saturated carbocycles. The van der Waals surface area contributed by atoms with E-state index >= 15 is 0 Å². The third-order valence-corrected chi connectivity index (χ3v) is 7.64. The summed E-state index contributed by atoms with van der Waals surface area (Å²) < 4.78 is 7.90. The predicted molar refractivity (Wildman–Crippen MR) is 120 cm³/mol. The first-order chi connectivity index (χ1) is 14.7. The molecular formula is C20H21N5O2S3. The summed E-state index contributed by atoms with van der Waals surface area (Å²) >= 11 is 4.41. The molecule has 156 valence electrons. The fourth-order valence-corrected chi connectivity index (χ4v) is 5.55. The van der Waals surface area contributed by atoms with Gasteiger partial charge in [0.05, 0.1) is 24.0 Å². The Hall–Kier alpha value is -2.19. The number of thiophene rings is 2. The van der Waals surface area contributed by atoms with Crippen LogP contribution in [0.4, 0.5) is 5.00 Å². The van der Waals surface area contributed by atoms with Gasteiger partial charge in [0.25, 0.3) is 0 Å². The molecule has 1 fully saturated rings. The lowest BCUT2D eigenvalue weighted by molar-refractivity contribution is -0.113. The Bertz CT molecular complexity index is 1060. The Balaban J connectivity index is 1.50.